The normalized spacial score (nSPS) is 11.0. The van der Waals surface area contributed by atoms with Crippen molar-refractivity contribution in [3.63, 3.8) is 0 Å². The minimum Gasteiger partial charge on any atom is -0.487 e. The zero-order chi connectivity index (χ0) is 21.6. The van der Waals surface area contributed by atoms with E-state index in [9.17, 15) is 4.79 Å². The molecule has 0 saturated heterocycles. The van der Waals surface area contributed by atoms with E-state index in [1.165, 1.54) is 6.08 Å². The first-order valence-electron chi connectivity index (χ1n) is 9.59. The molecule has 0 atom stereocenters. The van der Waals surface area contributed by atoms with E-state index < -0.39 is 0 Å². The molecular weight excluding hydrogens is 412 g/mol. The van der Waals surface area contributed by atoms with E-state index >= 15 is 0 Å². The number of hydrogen-bond donors (Lipinski definition) is 1. The molecule has 7 nitrogen and oxygen atoms in total. The number of carbonyl (C=O) groups is 1. The number of rotatable bonds is 7. The van der Waals surface area contributed by atoms with Crippen LogP contribution >= 0.6 is 11.3 Å². The molecule has 0 unspecified atom stereocenters. The van der Waals surface area contributed by atoms with Crippen LogP contribution in [0.2, 0.25) is 0 Å². The Labute approximate surface area is 183 Å². The lowest BCUT2D eigenvalue weighted by Gasteiger charge is -2.07. The van der Waals surface area contributed by atoms with E-state index in [-0.39, 0.29) is 5.91 Å². The maximum absolute atomic E-state index is 12.5. The van der Waals surface area contributed by atoms with E-state index in [0.29, 0.717) is 35.3 Å². The third-order valence-corrected chi connectivity index (χ3v) is 5.11. The summed E-state index contributed by atoms with van der Waals surface area (Å²) in [6.07, 6.45) is 3.21. The third-order valence-electron chi connectivity index (χ3n) is 4.29. The smallest absolute Gasteiger partial charge is 0.248 e. The first-order valence-corrected chi connectivity index (χ1v) is 10.5. The van der Waals surface area contributed by atoms with Gasteiger partial charge >= 0.3 is 0 Å². The van der Waals surface area contributed by atoms with Gasteiger partial charge in [-0.15, -0.1) is 11.3 Å². The number of para-hydroxylation sites is 1. The maximum Gasteiger partial charge on any atom is 0.248 e. The molecule has 2 aromatic heterocycles. The molecule has 0 aliphatic rings. The molecule has 2 heterocycles. The average molecular weight is 433 g/mol. The number of aromatic nitrogens is 3. The fraction of sp³-hybridized carbons (Fsp3) is 0.130. The summed E-state index contributed by atoms with van der Waals surface area (Å²) in [5, 5.41) is 9.79. The van der Waals surface area contributed by atoms with E-state index in [4.69, 9.17) is 9.26 Å². The predicted octanol–water partition coefficient (Wildman–Crippen LogP) is 5.04. The number of nitrogens with one attached hydrogen (secondary N) is 1. The molecule has 0 radical (unpaired) electrons. The molecule has 1 N–H and O–H groups in total. The fourth-order valence-electron chi connectivity index (χ4n) is 2.88. The highest BCUT2D eigenvalue weighted by Gasteiger charge is 2.11. The highest BCUT2D eigenvalue weighted by atomic mass is 32.1. The molecule has 0 fully saturated rings. The number of hydrogen-bond acceptors (Lipinski definition) is 7. The standard InChI is InChI=1S/C23H20N4O3S/c1-15-24-23(27-30-15)20-8-3-4-9-21(20)26-22(28)11-10-17-6-5-7-19(12-17)29-13-18-14-31-16(2)25-18/h3-12,14H,13H2,1-2H3,(H,26,28)/b11-10+. The van der Waals surface area contributed by atoms with Crippen molar-refractivity contribution in [3.8, 4) is 17.1 Å². The highest BCUT2D eigenvalue weighted by Crippen LogP contribution is 2.25. The number of carbonyl (C=O) groups excluding carboxylic acids is 1. The Balaban J connectivity index is 1.41. The van der Waals surface area contributed by atoms with Crippen LogP contribution in [-0.4, -0.2) is 21.0 Å². The van der Waals surface area contributed by atoms with E-state index in [2.05, 4.69) is 20.4 Å². The molecule has 0 aliphatic carbocycles. The van der Waals surface area contributed by atoms with Crippen LogP contribution in [0.15, 0.2) is 64.5 Å². The van der Waals surface area contributed by atoms with Gasteiger partial charge in [-0.25, -0.2) is 4.98 Å². The molecule has 4 aromatic rings. The topological polar surface area (TPSA) is 90.1 Å². The Bertz CT molecular complexity index is 1230. The molecule has 8 heteroatoms. The third kappa shape index (κ3) is 5.43. The lowest BCUT2D eigenvalue weighted by atomic mass is 10.1. The van der Waals surface area contributed by atoms with Crippen molar-refractivity contribution in [2.24, 2.45) is 0 Å². The van der Waals surface area contributed by atoms with Crippen molar-refractivity contribution in [1.29, 1.82) is 0 Å². The van der Waals surface area contributed by atoms with Gasteiger partial charge in [-0.2, -0.15) is 4.98 Å². The molecule has 156 valence electrons. The molecule has 0 bridgehead atoms. The summed E-state index contributed by atoms with van der Waals surface area (Å²) in [5.41, 5.74) is 3.05. The first-order chi connectivity index (χ1) is 15.1. The second-order valence-electron chi connectivity index (χ2n) is 6.72. The van der Waals surface area contributed by atoms with Crippen LogP contribution in [0.5, 0.6) is 5.75 Å². The summed E-state index contributed by atoms with van der Waals surface area (Å²) in [4.78, 5) is 21.1. The molecular formula is C23H20N4O3S. The zero-order valence-corrected chi connectivity index (χ0v) is 17.8. The Morgan fingerprint density at radius 3 is 2.81 bits per heavy atom. The minimum atomic E-state index is -0.267. The molecule has 1 amide bonds. The van der Waals surface area contributed by atoms with Gasteiger partial charge in [0.05, 0.1) is 16.4 Å². The van der Waals surface area contributed by atoms with E-state index in [1.54, 1.807) is 30.4 Å². The molecule has 2 aromatic carbocycles. The van der Waals surface area contributed by atoms with Gasteiger partial charge in [-0.1, -0.05) is 29.4 Å². The van der Waals surface area contributed by atoms with Gasteiger partial charge in [0.2, 0.25) is 17.6 Å². The van der Waals surface area contributed by atoms with Gasteiger partial charge in [0.1, 0.15) is 12.4 Å². The van der Waals surface area contributed by atoms with Gasteiger partial charge in [-0.3, -0.25) is 4.79 Å². The molecule has 0 aliphatic heterocycles. The van der Waals surface area contributed by atoms with Gasteiger partial charge in [0.15, 0.2) is 0 Å². The summed E-state index contributed by atoms with van der Waals surface area (Å²) >= 11 is 1.60. The Hall–Kier alpha value is -3.78. The number of ether oxygens (including phenoxy) is 1. The predicted molar refractivity (Wildman–Crippen MR) is 120 cm³/mol. The van der Waals surface area contributed by atoms with Crippen molar-refractivity contribution >= 4 is 29.0 Å². The first kappa shape index (κ1) is 20.5. The van der Waals surface area contributed by atoms with E-state index in [0.717, 1.165) is 16.3 Å². The van der Waals surface area contributed by atoms with Crippen LogP contribution in [-0.2, 0) is 11.4 Å². The van der Waals surface area contributed by atoms with Crippen LogP contribution in [0, 0.1) is 13.8 Å². The second kappa shape index (κ2) is 9.36. The van der Waals surface area contributed by atoms with Crippen molar-refractivity contribution in [2.75, 3.05) is 5.32 Å². The molecule has 31 heavy (non-hydrogen) atoms. The lowest BCUT2D eigenvalue weighted by molar-refractivity contribution is -0.111. The molecule has 0 saturated carbocycles. The van der Waals surface area contributed by atoms with E-state index in [1.807, 2.05) is 54.8 Å². The largest absolute Gasteiger partial charge is 0.487 e. The van der Waals surface area contributed by atoms with Crippen molar-refractivity contribution in [2.45, 2.75) is 20.5 Å². The van der Waals surface area contributed by atoms with Crippen LogP contribution in [0.1, 0.15) is 22.2 Å². The summed E-state index contributed by atoms with van der Waals surface area (Å²) < 4.78 is 10.8. The summed E-state index contributed by atoms with van der Waals surface area (Å²) in [6, 6.07) is 14.8. The molecule has 0 spiro atoms. The van der Waals surface area contributed by atoms with Gasteiger partial charge < -0.3 is 14.6 Å². The fourth-order valence-corrected chi connectivity index (χ4v) is 3.48. The minimum absolute atomic E-state index is 0.267. The van der Waals surface area contributed by atoms with Crippen molar-refractivity contribution in [1.82, 2.24) is 15.1 Å². The lowest BCUT2D eigenvalue weighted by Crippen LogP contribution is -2.09. The number of benzene rings is 2. The zero-order valence-electron chi connectivity index (χ0n) is 17.0. The number of nitrogens with zero attached hydrogens (tertiary/aromatic N) is 3. The van der Waals surface area contributed by atoms with Crippen molar-refractivity contribution in [3.05, 3.63) is 82.1 Å². The quantitative estimate of drug-likeness (QED) is 0.412. The summed E-state index contributed by atoms with van der Waals surface area (Å²) in [5.74, 6) is 1.34. The van der Waals surface area contributed by atoms with Crippen LogP contribution in [0.3, 0.4) is 0 Å². The van der Waals surface area contributed by atoms with Gasteiger partial charge in [0.25, 0.3) is 0 Å². The monoisotopic (exact) mass is 432 g/mol. The van der Waals surface area contributed by atoms with Crippen LogP contribution < -0.4 is 10.1 Å². The average Bonchev–Trinajstić information content (AvgIpc) is 3.39. The highest BCUT2D eigenvalue weighted by molar-refractivity contribution is 7.09. The summed E-state index contributed by atoms with van der Waals surface area (Å²) in [7, 11) is 0. The van der Waals surface area contributed by atoms with Gasteiger partial charge in [-0.05, 0) is 42.8 Å². The van der Waals surface area contributed by atoms with Crippen molar-refractivity contribution < 1.29 is 14.1 Å². The number of thiazole rings is 1. The number of anilines is 1. The SMILES string of the molecule is Cc1nc(-c2ccccc2NC(=O)/C=C/c2cccc(OCc3csc(C)n3)c2)no1. The maximum atomic E-state index is 12.5. The Morgan fingerprint density at radius 2 is 2.03 bits per heavy atom. The Kier molecular flexibility index (Phi) is 6.18. The number of aryl methyl sites for hydroxylation is 2. The number of amides is 1. The van der Waals surface area contributed by atoms with Crippen LogP contribution in [0.4, 0.5) is 5.69 Å². The van der Waals surface area contributed by atoms with Crippen LogP contribution in [0.25, 0.3) is 17.5 Å². The van der Waals surface area contributed by atoms with Gasteiger partial charge in [0, 0.05) is 23.9 Å². The summed E-state index contributed by atoms with van der Waals surface area (Å²) in [6.45, 7) is 4.09. The molecule has 4 rings (SSSR count). The Morgan fingerprint density at radius 1 is 1.16 bits per heavy atom. The second-order valence-corrected chi connectivity index (χ2v) is 7.79.